The molecule has 5 rings (SSSR count). The molecule has 4 aromatic rings. The lowest BCUT2D eigenvalue weighted by Gasteiger charge is -2.23. The van der Waals surface area contributed by atoms with Crippen LogP contribution in [0.25, 0.3) is 21.9 Å². The Hall–Kier alpha value is -3.61. The Morgan fingerprint density at radius 2 is 1.94 bits per heavy atom. The Balaban J connectivity index is 1.54. The molecule has 0 unspecified atom stereocenters. The fourth-order valence-corrected chi connectivity index (χ4v) is 4.86. The van der Waals surface area contributed by atoms with Gasteiger partial charge in [-0.1, -0.05) is 49.6 Å². The number of rotatable bonds is 6. The monoisotopic (exact) mass is 444 g/mol. The zero-order chi connectivity index (χ0) is 22.8. The van der Waals surface area contributed by atoms with E-state index in [1.165, 1.54) is 6.42 Å². The normalized spacial score (nSPS) is 14.6. The third kappa shape index (κ3) is 4.23. The molecule has 1 saturated carbocycles. The fraction of sp³-hybridized carbons (Fsp3) is 0.346. The molecule has 0 atom stereocenters. The van der Waals surface area contributed by atoms with Gasteiger partial charge in [0.15, 0.2) is 0 Å². The molecule has 0 spiro atoms. The van der Waals surface area contributed by atoms with Crippen molar-refractivity contribution in [2.75, 3.05) is 7.11 Å². The van der Waals surface area contributed by atoms with Crippen molar-refractivity contribution in [3.63, 3.8) is 0 Å². The summed E-state index contributed by atoms with van der Waals surface area (Å²) in [5, 5.41) is 4.05. The zero-order valence-corrected chi connectivity index (χ0v) is 18.8. The molecule has 7 heteroatoms. The number of aromatic nitrogens is 3. The molecule has 2 heterocycles. The number of amides is 1. The maximum atomic E-state index is 13.6. The van der Waals surface area contributed by atoms with E-state index in [0.717, 1.165) is 47.9 Å². The highest BCUT2D eigenvalue weighted by molar-refractivity contribution is 6.06. The number of methoxy groups -OCH3 is 1. The second-order valence-electron chi connectivity index (χ2n) is 8.73. The van der Waals surface area contributed by atoms with E-state index >= 15 is 0 Å². The molecule has 0 radical (unpaired) electrons. The largest absolute Gasteiger partial charge is 0.497 e. The van der Waals surface area contributed by atoms with Crippen LogP contribution in [0.15, 0.2) is 59.7 Å². The minimum absolute atomic E-state index is 0.0628. The third-order valence-electron chi connectivity index (χ3n) is 6.49. The molecule has 1 fully saturated rings. The number of carbonyl (C=O) groups excluding carboxylic acids is 1. The average molecular weight is 445 g/mol. The van der Waals surface area contributed by atoms with Gasteiger partial charge in [-0.05, 0) is 36.6 Å². The van der Waals surface area contributed by atoms with Crippen LogP contribution in [0.1, 0.15) is 37.7 Å². The first-order valence-electron chi connectivity index (χ1n) is 11.5. The van der Waals surface area contributed by atoms with Gasteiger partial charge in [-0.3, -0.25) is 14.2 Å². The molecule has 1 amide bonds. The number of hydrogen-bond donors (Lipinski definition) is 1. The number of carbonyl (C=O) groups is 1. The Bertz CT molecular complexity index is 1370. The van der Waals surface area contributed by atoms with Crippen LogP contribution >= 0.6 is 0 Å². The van der Waals surface area contributed by atoms with Gasteiger partial charge in [0.1, 0.15) is 23.3 Å². The average Bonchev–Trinajstić information content (AvgIpc) is 3.15. The summed E-state index contributed by atoms with van der Waals surface area (Å²) in [4.78, 5) is 31.2. The van der Waals surface area contributed by atoms with Crippen molar-refractivity contribution in [1.29, 1.82) is 0 Å². The standard InChI is InChI=1S/C26H28N4O3/c1-33-20-11-7-8-18(14-20)15-29-17-27-24-21-12-5-6-13-22(21)30(25(24)26(29)32)16-23(31)28-19-9-3-2-4-10-19/h5-8,11-14,17,19H,2-4,9-10,15-16H2,1H3,(H,28,31). The molecular formula is C26H28N4O3. The summed E-state index contributed by atoms with van der Waals surface area (Å²) in [7, 11) is 1.62. The van der Waals surface area contributed by atoms with E-state index in [1.807, 2.05) is 53.1 Å². The molecule has 1 N–H and O–H groups in total. The smallest absolute Gasteiger partial charge is 0.278 e. The van der Waals surface area contributed by atoms with Gasteiger partial charge in [-0.2, -0.15) is 0 Å². The predicted octanol–water partition coefficient (Wildman–Crippen LogP) is 3.86. The van der Waals surface area contributed by atoms with E-state index in [1.54, 1.807) is 18.0 Å². The molecule has 0 aliphatic heterocycles. The maximum Gasteiger partial charge on any atom is 0.278 e. The quantitative estimate of drug-likeness (QED) is 0.490. The van der Waals surface area contributed by atoms with Crippen LogP contribution in [0.5, 0.6) is 5.75 Å². The van der Waals surface area contributed by atoms with Crippen molar-refractivity contribution >= 4 is 27.8 Å². The van der Waals surface area contributed by atoms with Gasteiger partial charge >= 0.3 is 0 Å². The van der Waals surface area contributed by atoms with E-state index < -0.39 is 0 Å². The summed E-state index contributed by atoms with van der Waals surface area (Å²) in [6, 6.07) is 15.6. The molecule has 0 bridgehead atoms. The second-order valence-corrected chi connectivity index (χ2v) is 8.73. The Kier molecular flexibility index (Phi) is 5.86. The second kappa shape index (κ2) is 9.10. The van der Waals surface area contributed by atoms with Crippen molar-refractivity contribution in [1.82, 2.24) is 19.4 Å². The lowest BCUT2D eigenvalue weighted by molar-refractivity contribution is -0.122. The summed E-state index contributed by atoms with van der Waals surface area (Å²) < 4.78 is 8.72. The van der Waals surface area contributed by atoms with Gasteiger partial charge in [-0.25, -0.2) is 4.98 Å². The summed E-state index contributed by atoms with van der Waals surface area (Å²) >= 11 is 0. The lowest BCUT2D eigenvalue weighted by Crippen LogP contribution is -2.38. The van der Waals surface area contributed by atoms with E-state index in [9.17, 15) is 9.59 Å². The number of ether oxygens (including phenoxy) is 1. The van der Waals surface area contributed by atoms with Crippen LogP contribution in [0.3, 0.4) is 0 Å². The minimum Gasteiger partial charge on any atom is -0.497 e. The van der Waals surface area contributed by atoms with Crippen LogP contribution in [0.2, 0.25) is 0 Å². The molecule has 2 aromatic heterocycles. The van der Waals surface area contributed by atoms with Crippen LogP contribution < -0.4 is 15.6 Å². The third-order valence-corrected chi connectivity index (χ3v) is 6.49. The van der Waals surface area contributed by atoms with Crippen LogP contribution in [-0.4, -0.2) is 33.2 Å². The number of para-hydroxylation sites is 1. The highest BCUT2D eigenvalue weighted by Crippen LogP contribution is 2.25. The minimum atomic E-state index is -0.163. The number of nitrogens with one attached hydrogen (secondary N) is 1. The molecular weight excluding hydrogens is 416 g/mol. The Morgan fingerprint density at radius 1 is 1.12 bits per heavy atom. The molecule has 1 aliphatic rings. The number of hydrogen-bond acceptors (Lipinski definition) is 4. The van der Waals surface area contributed by atoms with Crippen LogP contribution in [-0.2, 0) is 17.9 Å². The van der Waals surface area contributed by atoms with Gasteiger partial charge in [0.05, 0.1) is 25.5 Å². The molecule has 7 nitrogen and oxygen atoms in total. The summed E-state index contributed by atoms with van der Waals surface area (Å²) in [5.74, 6) is 0.676. The maximum absolute atomic E-state index is 13.6. The Morgan fingerprint density at radius 3 is 2.76 bits per heavy atom. The molecule has 170 valence electrons. The number of benzene rings is 2. The first kappa shape index (κ1) is 21.2. The predicted molar refractivity (Wildman–Crippen MR) is 129 cm³/mol. The van der Waals surface area contributed by atoms with E-state index in [-0.39, 0.29) is 24.1 Å². The van der Waals surface area contributed by atoms with Gasteiger partial charge in [0.2, 0.25) is 5.91 Å². The van der Waals surface area contributed by atoms with Crippen molar-refractivity contribution in [2.45, 2.75) is 51.2 Å². The fourth-order valence-electron chi connectivity index (χ4n) is 4.86. The van der Waals surface area contributed by atoms with Crippen molar-refractivity contribution in [2.24, 2.45) is 0 Å². The molecule has 1 aliphatic carbocycles. The van der Waals surface area contributed by atoms with Crippen LogP contribution in [0.4, 0.5) is 0 Å². The summed E-state index contributed by atoms with van der Waals surface area (Å²) in [6.45, 7) is 0.468. The van der Waals surface area contributed by atoms with Gasteiger partial charge in [0, 0.05) is 11.4 Å². The van der Waals surface area contributed by atoms with Crippen molar-refractivity contribution in [3.05, 3.63) is 70.8 Å². The van der Waals surface area contributed by atoms with E-state index in [0.29, 0.717) is 17.6 Å². The zero-order valence-electron chi connectivity index (χ0n) is 18.8. The molecule has 2 aromatic carbocycles. The van der Waals surface area contributed by atoms with E-state index in [4.69, 9.17) is 4.74 Å². The highest BCUT2D eigenvalue weighted by atomic mass is 16.5. The van der Waals surface area contributed by atoms with E-state index in [2.05, 4.69) is 10.3 Å². The summed E-state index contributed by atoms with van der Waals surface area (Å²) in [6.07, 6.45) is 7.17. The number of fused-ring (bicyclic) bond motifs is 3. The highest BCUT2D eigenvalue weighted by Gasteiger charge is 2.20. The van der Waals surface area contributed by atoms with Gasteiger partial charge < -0.3 is 14.6 Å². The van der Waals surface area contributed by atoms with Crippen molar-refractivity contribution < 1.29 is 9.53 Å². The van der Waals surface area contributed by atoms with Gasteiger partial charge in [0.25, 0.3) is 5.56 Å². The number of nitrogens with zero attached hydrogens (tertiary/aromatic N) is 3. The molecule has 0 saturated heterocycles. The topological polar surface area (TPSA) is 78.2 Å². The summed E-state index contributed by atoms with van der Waals surface area (Å²) in [5.41, 5.74) is 2.71. The van der Waals surface area contributed by atoms with Crippen LogP contribution in [0, 0.1) is 0 Å². The first-order valence-corrected chi connectivity index (χ1v) is 11.5. The Labute approximate surface area is 192 Å². The first-order chi connectivity index (χ1) is 16.1. The SMILES string of the molecule is COc1cccc(Cn2cnc3c4ccccc4n(CC(=O)NC4CCCCC4)c3c2=O)c1. The lowest BCUT2D eigenvalue weighted by atomic mass is 9.95. The van der Waals surface area contributed by atoms with Gasteiger partial charge in [-0.15, -0.1) is 0 Å². The van der Waals surface area contributed by atoms with Crippen molar-refractivity contribution in [3.8, 4) is 5.75 Å². The molecule has 33 heavy (non-hydrogen) atoms.